The van der Waals surface area contributed by atoms with Gasteiger partial charge in [0.1, 0.15) is 0 Å². The van der Waals surface area contributed by atoms with Crippen LogP contribution in [0.4, 0.5) is 5.69 Å². The van der Waals surface area contributed by atoms with E-state index in [2.05, 4.69) is 15.3 Å². The minimum Gasteiger partial charge on any atom is -0.325 e. The fraction of sp³-hybridized carbons (Fsp3) is 0.125. The first kappa shape index (κ1) is 17.0. The first-order chi connectivity index (χ1) is 11.4. The van der Waals surface area contributed by atoms with Gasteiger partial charge in [-0.1, -0.05) is 23.2 Å². The van der Waals surface area contributed by atoms with Gasteiger partial charge in [-0.15, -0.1) is 11.8 Å². The number of halogens is 2. The van der Waals surface area contributed by atoms with Crippen molar-refractivity contribution in [3.8, 4) is 0 Å². The quantitative estimate of drug-likeness (QED) is 0.590. The number of nitrogens with one attached hydrogen (secondary N) is 3. The monoisotopic (exact) mass is 381 g/mol. The fourth-order valence-corrected chi connectivity index (χ4v) is 3.58. The minimum absolute atomic E-state index is 0.173. The summed E-state index contributed by atoms with van der Waals surface area (Å²) < 4.78 is 0. The standard InChI is InChI=1S/C16H13Cl2N3O2S/c1-8(24-14-6-9(17)2-4-11(14)18)15(22)19-10-3-5-12-13(7-10)21-16(23)20-12/h2-8H,1H3,(H,19,22)(H2,20,21,23)/t8-/m0/s1. The number of hydrogen-bond donors (Lipinski definition) is 3. The third-order valence-electron chi connectivity index (χ3n) is 3.35. The molecule has 1 aromatic heterocycles. The smallest absolute Gasteiger partial charge is 0.323 e. The molecule has 3 rings (SSSR count). The molecule has 0 fully saturated rings. The summed E-state index contributed by atoms with van der Waals surface area (Å²) in [5.41, 5.74) is 1.64. The van der Waals surface area contributed by atoms with Crippen LogP contribution in [0.15, 0.2) is 46.1 Å². The van der Waals surface area contributed by atoms with Gasteiger partial charge in [-0.2, -0.15) is 0 Å². The molecule has 8 heteroatoms. The van der Waals surface area contributed by atoms with Crippen molar-refractivity contribution in [2.45, 2.75) is 17.1 Å². The first-order valence-corrected chi connectivity index (χ1v) is 8.70. The number of carbonyl (C=O) groups excluding carboxylic acids is 1. The van der Waals surface area contributed by atoms with Crippen molar-refractivity contribution >= 4 is 57.6 Å². The van der Waals surface area contributed by atoms with Crippen LogP contribution in [0.3, 0.4) is 0 Å². The van der Waals surface area contributed by atoms with Gasteiger partial charge in [-0.3, -0.25) is 4.79 Å². The number of fused-ring (bicyclic) bond motifs is 1. The Morgan fingerprint density at radius 2 is 1.88 bits per heavy atom. The topological polar surface area (TPSA) is 77.8 Å². The van der Waals surface area contributed by atoms with Gasteiger partial charge < -0.3 is 15.3 Å². The van der Waals surface area contributed by atoms with Crippen molar-refractivity contribution < 1.29 is 4.79 Å². The van der Waals surface area contributed by atoms with E-state index < -0.39 is 0 Å². The molecule has 0 aliphatic heterocycles. The van der Waals surface area contributed by atoms with E-state index in [-0.39, 0.29) is 16.8 Å². The van der Waals surface area contributed by atoms with Crippen LogP contribution in [0.25, 0.3) is 11.0 Å². The number of thioether (sulfide) groups is 1. The summed E-state index contributed by atoms with van der Waals surface area (Å²) in [6.45, 7) is 1.79. The van der Waals surface area contributed by atoms with Gasteiger partial charge >= 0.3 is 5.69 Å². The summed E-state index contributed by atoms with van der Waals surface area (Å²) in [5.74, 6) is -0.173. The number of imidazole rings is 1. The Morgan fingerprint density at radius 1 is 1.12 bits per heavy atom. The largest absolute Gasteiger partial charge is 0.325 e. The molecule has 124 valence electrons. The van der Waals surface area contributed by atoms with Crippen LogP contribution in [0.1, 0.15) is 6.92 Å². The van der Waals surface area contributed by atoms with Crippen molar-refractivity contribution in [2.24, 2.45) is 0 Å². The van der Waals surface area contributed by atoms with E-state index in [0.29, 0.717) is 26.8 Å². The summed E-state index contributed by atoms with van der Waals surface area (Å²) in [6.07, 6.45) is 0. The van der Waals surface area contributed by atoms with Gasteiger partial charge in [0.2, 0.25) is 5.91 Å². The highest BCUT2D eigenvalue weighted by atomic mass is 35.5. The Bertz CT molecular complexity index is 967. The zero-order valence-corrected chi connectivity index (χ0v) is 14.9. The van der Waals surface area contributed by atoms with Gasteiger partial charge in [-0.05, 0) is 43.3 Å². The lowest BCUT2D eigenvalue weighted by molar-refractivity contribution is -0.115. The van der Waals surface area contributed by atoms with Crippen LogP contribution in [-0.4, -0.2) is 21.1 Å². The van der Waals surface area contributed by atoms with E-state index in [0.717, 1.165) is 4.90 Å². The summed E-state index contributed by atoms with van der Waals surface area (Å²) in [7, 11) is 0. The molecule has 3 aromatic rings. The molecule has 0 saturated carbocycles. The second-order valence-corrected chi connectivity index (χ2v) is 7.39. The number of aromatic amines is 2. The van der Waals surface area contributed by atoms with Crippen LogP contribution in [0.5, 0.6) is 0 Å². The van der Waals surface area contributed by atoms with Crippen LogP contribution in [0.2, 0.25) is 10.0 Å². The second kappa shape index (κ2) is 6.93. The fourth-order valence-electron chi connectivity index (χ4n) is 2.17. The molecule has 0 bridgehead atoms. The maximum atomic E-state index is 12.4. The van der Waals surface area contributed by atoms with Crippen molar-refractivity contribution in [3.63, 3.8) is 0 Å². The highest BCUT2D eigenvalue weighted by Gasteiger charge is 2.16. The van der Waals surface area contributed by atoms with E-state index >= 15 is 0 Å². The van der Waals surface area contributed by atoms with Crippen molar-refractivity contribution in [1.29, 1.82) is 0 Å². The Labute approximate surface area is 151 Å². The molecule has 1 atom stereocenters. The predicted octanol–water partition coefficient (Wildman–Crippen LogP) is 4.28. The SMILES string of the molecule is C[C@H](Sc1cc(Cl)ccc1Cl)C(=O)Nc1ccc2[nH]c(=O)[nH]c2c1. The molecule has 0 radical (unpaired) electrons. The second-order valence-electron chi connectivity index (χ2n) is 5.16. The lowest BCUT2D eigenvalue weighted by Crippen LogP contribution is -2.22. The zero-order chi connectivity index (χ0) is 17.3. The van der Waals surface area contributed by atoms with Crippen LogP contribution in [0, 0.1) is 0 Å². The highest BCUT2D eigenvalue weighted by molar-refractivity contribution is 8.00. The molecular weight excluding hydrogens is 369 g/mol. The average Bonchev–Trinajstić information content (AvgIpc) is 2.90. The molecule has 1 amide bonds. The lowest BCUT2D eigenvalue weighted by atomic mass is 10.2. The lowest BCUT2D eigenvalue weighted by Gasteiger charge is -2.13. The number of anilines is 1. The summed E-state index contributed by atoms with van der Waals surface area (Å²) in [5, 5.41) is 3.57. The molecule has 0 unspecified atom stereocenters. The maximum absolute atomic E-state index is 12.4. The number of H-pyrrole nitrogens is 2. The zero-order valence-electron chi connectivity index (χ0n) is 12.5. The Balaban J connectivity index is 1.72. The molecule has 24 heavy (non-hydrogen) atoms. The number of rotatable bonds is 4. The third kappa shape index (κ3) is 3.77. The van der Waals surface area contributed by atoms with Crippen molar-refractivity contribution in [2.75, 3.05) is 5.32 Å². The average molecular weight is 382 g/mol. The van der Waals surface area contributed by atoms with Crippen LogP contribution in [-0.2, 0) is 4.79 Å². The third-order valence-corrected chi connectivity index (χ3v) is 5.19. The van der Waals surface area contributed by atoms with Crippen molar-refractivity contribution in [3.05, 3.63) is 56.9 Å². The van der Waals surface area contributed by atoms with E-state index in [9.17, 15) is 9.59 Å². The van der Waals surface area contributed by atoms with E-state index in [1.165, 1.54) is 11.8 Å². The molecule has 1 heterocycles. The van der Waals surface area contributed by atoms with Crippen LogP contribution < -0.4 is 11.0 Å². The molecule has 0 spiro atoms. The van der Waals surface area contributed by atoms with E-state index in [1.54, 1.807) is 43.3 Å². The molecule has 0 aliphatic rings. The van der Waals surface area contributed by atoms with Gasteiger partial charge in [0.25, 0.3) is 0 Å². The highest BCUT2D eigenvalue weighted by Crippen LogP contribution is 2.33. The van der Waals surface area contributed by atoms with E-state index in [4.69, 9.17) is 23.2 Å². The number of hydrogen-bond acceptors (Lipinski definition) is 3. The van der Waals surface area contributed by atoms with Crippen LogP contribution >= 0.6 is 35.0 Å². The van der Waals surface area contributed by atoms with Gasteiger partial charge in [0, 0.05) is 15.6 Å². The molecule has 5 nitrogen and oxygen atoms in total. The Hall–Kier alpha value is -1.89. The normalized spacial score (nSPS) is 12.3. The number of benzene rings is 2. The van der Waals surface area contributed by atoms with E-state index in [1.807, 2.05) is 0 Å². The predicted molar refractivity (Wildman–Crippen MR) is 99.3 cm³/mol. The van der Waals surface area contributed by atoms with Gasteiger partial charge in [0.05, 0.1) is 21.3 Å². The number of aromatic nitrogens is 2. The molecule has 0 saturated heterocycles. The number of amides is 1. The maximum Gasteiger partial charge on any atom is 0.323 e. The summed E-state index contributed by atoms with van der Waals surface area (Å²) >= 11 is 13.4. The van der Waals surface area contributed by atoms with Crippen molar-refractivity contribution in [1.82, 2.24) is 9.97 Å². The Kier molecular flexibility index (Phi) is 4.89. The molecule has 3 N–H and O–H groups in total. The van der Waals surface area contributed by atoms with Gasteiger partial charge in [0.15, 0.2) is 0 Å². The van der Waals surface area contributed by atoms with Gasteiger partial charge in [-0.25, -0.2) is 4.79 Å². The molecular formula is C16H13Cl2N3O2S. The minimum atomic E-state index is -0.373. The molecule has 2 aromatic carbocycles. The first-order valence-electron chi connectivity index (χ1n) is 7.07. The summed E-state index contributed by atoms with van der Waals surface area (Å²) in [4.78, 5) is 29.7. The number of carbonyl (C=O) groups is 1. The summed E-state index contributed by atoms with van der Waals surface area (Å²) in [6, 6.07) is 10.3. The molecule has 0 aliphatic carbocycles. The Morgan fingerprint density at radius 3 is 2.67 bits per heavy atom.